The van der Waals surface area contributed by atoms with E-state index in [1.54, 1.807) is 9.80 Å². The third-order valence-corrected chi connectivity index (χ3v) is 5.25. The lowest BCUT2D eigenvalue weighted by Gasteiger charge is -2.36. The van der Waals surface area contributed by atoms with E-state index in [-0.39, 0.29) is 30.7 Å². The van der Waals surface area contributed by atoms with Crippen LogP contribution in [0.4, 0.5) is 5.69 Å². The van der Waals surface area contributed by atoms with Crippen molar-refractivity contribution in [3.8, 4) is 5.75 Å². The van der Waals surface area contributed by atoms with E-state index in [0.717, 1.165) is 0 Å². The number of likely N-dealkylation sites (tertiary alicyclic amines) is 1. The average Bonchev–Trinajstić information content (AvgIpc) is 3.03. The average molecular weight is 374 g/mol. The zero-order valence-corrected chi connectivity index (χ0v) is 15.8. The van der Waals surface area contributed by atoms with Gasteiger partial charge in [0, 0.05) is 26.1 Å². The molecule has 146 valence electrons. The standard InChI is InChI=1S/C20H26N2O5/c1-3-27-17-7-5-4-6-16(17)22-12-14(9-18(22)23)19(24)21-10-13(2)8-15(11-21)20(25)26/h4-7,13-15H,3,8-12H2,1-2H3,(H,25,26). The van der Waals surface area contributed by atoms with Crippen molar-refractivity contribution in [2.45, 2.75) is 26.7 Å². The summed E-state index contributed by atoms with van der Waals surface area (Å²) in [5, 5.41) is 9.32. The summed E-state index contributed by atoms with van der Waals surface area (Å²) in [6, 6.07) is 7.31. The van der Waals surface area contributed by atoms with Crippen LogP contribution >= 0.6 is 0 Å². The summed E-state index contributed by atoms with van der Waals surface area (Å²) < 4.78 is 5.61. The number of carbonyl (C=O) groups is 3. The highest BCUT2D eigenvalue weighted by Crippen LogP contribution is 2.34. The molecule has 1 N–H and O–H groups in total. The van der Waals surface area contributed by atoms with Gasteiger partial charge in [-0.15, -0.1) is 0 Å². The van der Waals surface area contributed by atoms with Crippen LogP contribution in [0.25, 0.3) is 0 Å². The summed E-state index contributed by atoms with van der Waals surface area (Å²) in [5.41, 5.74) is 0.676. The summed E-state index contributed by atoms with van der Waals surface area (Å²) in [4.78, 5) is 40.1. The third-order valence-electron chi connectivity index (χ3n) is 5.25. The SMILES string of the molecule is CCOc1ccccc1N1CC(C(=O)N2CC(C)CC(C(=O)O)C2)CC1=O. The second kappa shape index (κ2) is 7.98. The number of piperidine rings is 1. The monoisotopic (exact) mass is 374 g/mol. The van der Waals surface area contributed by atoms with Gasteiger partial charge in [-0.25, -0.2) is 0 Å². The zero-order valence-electron chi connectivity index (χ0n) is 15.8. The lowest BCUT2D eigenvalue weighted by Crippen LogP contribution is -2.48. The molecule has 2 heterocycles. The van der Waals surface area contributed by atoms with Gasteiger partial charge in [0.25, 0.3) is 0 Å². The Morgan fingerprint density at radius 1 is 1.19 bits per heavy atom. The second-order valence-electron chi connectivity index (χ2n) is 7.43. The smallest absolute Gasteiger partial charge is 0.308 e. The number of carbonyl (C=O) groups excluding carboxylic acids is 2. The van der Waals surface area contributed by atoms with Crippen LogP contribution in [0.3, 0.4) is 0 Å². The maximum absolute atomic E-state index is 13.0. The van der Waals surface area contributed by atoms with Gasteiger partial charge >= 0.3 is 5.97 Å². The van der Waals surface area contributed by atoms with Crippen LogP contribution in [0.15, 0.2) is 24.3 Å². The fourth-order valence-electron chi connectivity index (χ4n) is 4.03. The molecule has 27 heavy (non-hydrogen) atoms. The first-order valence-corrected chi connectivity index (χ1v) is 9.44. The molecule has 1 aromatic carbocycles. The van der Waals surface area contributed by atoms with Crippen molar-refractivity contribution in [1.29, 1.82) is 0 Å². The number of carboxylic acids is 1. The van der Waals surface area contributed by atoms with E-state index in [1.165, 1.54) is 0 Å². The first kappa shape index (κ1) is 19.2. The molecule has 0 aromatic heterocycles. The minimum Gasteiger partial charge on any atom is -0.492 e. The number of hydrogen-bond acceptors (Lipinski definition) is 4. The lowest BCUT2D eigenvalue weighted by atomic mass is 9.89. The first-order valence-electron chi connectivity index (χ1n) is 9.44. The number of rotatable bonds is 5. The van der Waals surface area contributed by atoms with Gasteiger partial charge in [0.1, 0.15) is 5.75 Å². The van der Waals surface area contributed by atoms with Crippen LogP contribution in [0.2, 0.25) is 0 Å². The maximum Gasteiger partial charge on any atom is 0.308 e. The Labute approximate surface area is 158 Å². The number of hydrogen-bond donors (Lipinski definition) is 1. The molecule has 0 bridgehead atoms. The molecule has 0 aliphatic carbocycles. The fourth-order valence-corrected chi connectivity index (χ4v) is 4.03. The van der Waals surface area contributed by atoms with Gasteiger partial charge in [-0.1, -0.05) is 19.1 Å². The molecular weight excluding hydrogens is 348 g/mol. The number of carboxylic acid groups (broad SMARTS) is 1. The molecule has 1 aromatic rings. The van der Waals surface area contributed by atoms with E-state index in [1.807, 2.05) is 38.1 Å². The molecule has 3 rings (SSSR count). The van der Waals surface area contributed by atoms with Crippen LogP contribution in [0, 0.1) is 17.8 Å². The van der Waals surface area contributed by atoms with Crippen molar-refractivity contribution in [1.82, 2.24) is 4.90 Å². The molecule has 0 spiro atoms. The summed E-state index contributed by atoms with van der Waals surface area (Å²) in [6.07, 6.45) is 0.721. The molecule has 7 heteroatoms. The number of amides is 2. The van der Waals surface area contributed by atoms with Crippen LogP contribution < -0.4 is 9.64 Å². The molecule has 2 aliphatic rings. The van der Waals surface area contributed by atoms with Crippen molar-refractivity contribution in [3.05, 3.63) is 24.3 Å². The summed E-state index contributed by atoms with van der Waals surface area (Å²) >= 11 is 0. The zero-order chi connectivity index (χ0) is 19.6. The minimum absolute atomic E-state index is 0.111. The Balaban J connectivity index is 1.73. The van der Waals surface area contributed by atoms with E-state index < -0.39 is 17.8 Å². The fraction of sp³-hybridized carbons (Fsp3) is 0.550. The number of benzene rings is 1. The molecule has 0 radical (unpaired) electrons. The van der Waals surface area contributed by atoms with E-state index >= 15 is 0 Å². The number of nitrogens with zero attached hydrogens (tertiary/aromatic N) is 2. The van der Waals surface area contributed by atoms with Gasteiger partial charge in [0.15, 0.2) is 0 Å². The van der Waals surface area contributed by atoms with Crippen LogP contribution in [-0.4, -0.2) is 54.0 Å². The minimum atomic E-state index is -0.867. The largest absolute Gasteiger partial charge is 0.492 e. The Morgan fingerprint density at radius 2 is 1.93 bits per heavy atom. The number of para-hydroxylation sites is 2. The molecule has 2 amide bonds. The highest BCUT2D eigenvalue weighted by atomic mass is 16.5. The third kappa shape index (κ3) is 4.07. The van der Waals surface area contributed by atoms with Gasteiger partial charge in [0.05, 0.1) is 24.1 Å². The van der Waals surface area contributed by atoms with E-state index in [9.17, 15) is 19.5 Å². The van der Waals surface area contributed by atoms with E-state index in [4.69, 9.17) is 4.74 Å². The summed E-state index contributed by atoms with van der Waals surface area (Å²) in [6.45, 7) is 5.39. The van der Waals surface area contributed by atoms with Crippen molar-refractivity contribution in [2.24, 2.45) is 17.8 Å². The Kier molecular flexibility index (Phi) is 5.68. The van der Waals surface area contributed by atoms with E-state index in [0.29, 0.717) is 37.6 Å². The van der Waals surface area contributed by atoms with Gasteiger partial charge in [-0.2, -0.15) is 0 Å². The molecule has 3 atom stereocenters. The molecule has 2 saturated heterocycles. The molecule has 2 aliphatic heterocycles. The summed E-state index contributed by atoms with van der Waals surface area (Å²) in [7, 11) is 0. The first-order chi connectivity index (χ1) is 12.9. The number of ether oxygens (including phenoxy) is 1. The quantitative estimate of drug-likeness (QED) is 0.852. The molecular formula is C20H26N2O5. The van der Waals surface area contributed by atoms with Gasteiger partial charge in [-0.3, -0.25) is 14.4 Å². The number of aliphatic carboxylic acids is 1. The lowest BCUT2D eigenvalue weighted by molar-refractivity contribution is -0.148. The predicted octanol–water partition coefficient (Wildman–Crippen LogP) is 2.01. The van der Waals surface area contributed by atoms with Crippen molar-refractivity contribution in [2.75, 3.05) is 31.1 Å². The summed E-state index contributed by atoms with van der Waals surface area (Å²) in [5.74, 6) is -1.34. The second-order valence-corrected chi connectivity index (χ2v) is 7.43. The molecule has 2 fully saturated rings. The van der Waals surface area contributed by atoms with Crippen LogP contribution in [0.5, 0.6) is 5.75 Å². The maximum atomic E-state index is 13.0. The van der Waals surface area contributed by atoms with E-state index in [2.05, 4.69) is 0 Å². The van der Waals surface area contributed by atoms with Crippen molar-refractivity contribution in [3.63, 3.8) is 0 Å². The molecule has 7 nitrogen and oxygen atoms in total. The van der Waals surface area contributed by atoms with Crippen molar-refractivity contribution < 1.29 is 24.2 Å². The molecule has 3 unspecified atom stereocenters. The highest BCUT2D eigenvalue weighted by molar-refractivity contribution is 6.01. The van der Waals surface area contributed by atoms with Gasteiger partial charge in [-0.05, 0) is 31.4 Å². The Morgan fingerprint density at radius 3 is 2.63 bits per heavy atom. The Hall–Kier alpha value is -2.57. The van der Waals surface area contributed by atoms with Crippen molar-refractivity contribution >= 4 is 23.5 Å². The highest BCUT2D eigenvalue weighted by Gasteiger charge is 2.40. The van der Waals surface area contributed by atoms with Gasteiger partial charge in [0.2, 0.25) is 11.8 Å². The van der Waals surface area contributed by atoms with Crippen LogP contribution in [-0.2, 0) is 14.4 Å². The normalized spacial score (nSPS) is 25.6. The van der Waals surface area contributed by atoms with Gasteiger partial charge < -0.3 is 19.6 Å². The number of anilines is 1. The van der Waals surface area contributed by atoms with Crippen LogP contribution in [0.1, 0.15) is 26.7 Å². The topological polar surface area (TPSA) is 87.2 Å². The Bertz CT molecular complexity index is 735. The molecule has 0 saturated carbocycles. The predicted molar refractivity (Wildman–Crippen MR) is 99.6 cm³/mol.